The maximum atomic E-state index is 5.39. The molecule has 1 aliphatic carbocycles. The van der Waals surface area contributed by atoms with Crippen molar-refractivity contribution < 1.29 is 4.74 Å². The van der Waals surface area contributed by atoms with Crippen molar-refractivity contribution in [1.29, 1.82) is 0 Å². The van der Waals surface area contributed by atoms with E-state index in [0.717, 1.165) is 12.6 Å². The minimum Gasteiger partial charge on any atom is -0.383 e. The Labute approximate surface area is 106 Å². The zero-order valence-corrected chi connectivity index (χ0v) is 11.6. The zero-order valence-electron chi connectivity index (χ0n) is 11.6. The van der Waals surface area contributed by atoms with E-state index in [4.69, 9.17) is 4.74 Å². The molecule has 2 unspecified atom stereocenters. The molecule has 1 saturated heterocycles. The van der Waals surface area contributed by atoms with E-state index in [0.29, 0.717) is 18.0 Å². The number of nitrogens with one attached hydrogen (secondary N) is 1. The third-order valence-corrected chi connectivity index (χ3v) is 4.08. The predicted octanol–water partition coefficient (Wildman–Crippen LogP) is 1.87. The quantitative estimate of drug-likeness (QED) is 0.767. The van der Waals surface area contributed by atoms with Gasteiger partial charge in [0.1, 0.15) is 0 Å². The number of nitrogens with zero attached hydrogens (tertiary/aromatic N) is 1. The van der Waals surface area contributed by atoms with E-state index < -0.39 is 0 Å². The fourth-order valence-electron chi connectivity index (χ4n) is 2.92. The van der Waals surface area contributed by atoms with Crippen LogP contribution < -0.4 is 5.32 Å². The molecule has 0 radical (unpaired) electrons. The summed E-state index contributed by atoms with van der Waals surface area (Å²) in [6.07, 6.45) is 5.46. The number of likely N-dealkylation sites (tertiary alicyclic amines) is 1. The lowest BCUT2D eigenvalue weighted by Gasteiger charge is -2.40. The first-order valence-corrected chi connectivity index (χ1v) is 7.19. The Morgan fingerprint density at radius 3 is 2.59 bits per heavy atom. The van der Waals surface area contributed by atoms with Gasteiger partial charge in [-0.05, 0) is 38.1 Å². The molecule has 17 heavy (non-hydrogen) atoms. The SMILES string of the molecule is COCC(C(C)C)N1CCCC(NC2CC2)C1. The van der Waals surface area contributed by atoms with Crippen LogP contribution in [-0.4, -0.2) is 49.8 Å². The molecule has 1 N–H and O–H groups in total. The summed E-state index contributed by atoms with van der Waals surface area (Å²) in [7, 11) is 1.82. The van der Waals surface area contributed by atoms with Crippen molar-refractivity contribution in [3.63, 3.8) is 0 Å². The molecule has 100 valence electrons. The van der Waals surface area contributed by atoms with Crippen LogP contribution in [0.5, 0.6) is 0 Å². The number of rotatable bonds is 6. The van der Waals surface area contributed by atoms with Crippen molar-refractivity contribution in [2.45, 2.75) is 57.7 Å². The van der Waals surface area contributed by atoms with E-state index in [1.165, 1.54) is 38.8 Å². The van der Waals surface area contributed by atoms with Crippen LogP contribution in [0.3, 0.4) is 0 Å². The number of hydrogen-bond acceptors (Lipinski definition) is 3. The van der Waals surface area contributed by atoms with Crippen molar-refractivity contribution >= 4 is 0 Å². The molecular formula is C14H28N2O. The van der Waals surface area contributed by atoms with Gasteiger partial charge in [-0.2, -0.15) is 0 Å². The Hall–Kier alpha value is -0.120. The Morgan fingerprint density at radius 2 is 2.00 bits per heavy atom. The van der Waals surface area contributed by atoms with Crippen LogP contribution in [0.2, 0.25) is 0 Å². The summed E-state index contributed by atoms with van der Waals surface area (Å²) in [5.41, 5.74) is 0. The van der Waals surface area contributed by atoms with E-state index >= 15 is 0 Å². The summed E-state index contributed by atoms with van der Waals surface area (Å²) in [5.74, 6) is 0.676. The first-order valence-electron chi connectivity index (χ1n) is 7.19. The predicted molar refractivity (Wildman–Crippen MR) is 71.3 cm³/mol. The summed E-state index contributed by atoms with van der Waals surface area (Å²) >= 11 is 0. The topological polar surface area (TPSA) is 24.5 Å². The first kappa shape index (κ1) is 13.3. The molecule has 1 aliphatic heterocycles. The Kier molecular flexibility index (Phi) is 4.83. The molecule has 2 fully saturated rings. The van der Waals surface area contributed by atoms with E-state index in [1.807, 2.05) is 7.11 Å². The fourth-order valence-corrected chi connectivity index (χ4v) is 2.92. The van der Waals surface area contributed by atoms with Crippen LogP contribution in [0.25, 0.3) is 0 Å². The van der Waals surface area contributed by atoms with Gasteiger partial charge >= 0.3 is 0 Å². The van der Waals surface area contributed by atoms with Crippen molar-refractivity contribution in [3.8, 4) is 0 Å². The van der Waals surface area contributed by atoms with Crippen LogP contribution >= 0.6 is 0 Å². The molecule has 0 amide bonds. The Balaban J connectivity index is 1.84. The van der Waals surface area contributed by atoms with Gasteiger partial charge in [-0.15, -0.1) is 0 Å². The lowest BCUT2D eigenvalue weighted by Crippen LogP contribution is -2.52. The van der Waals surface area contributed by atoms with Crippen molar-refractivity contribution in [2.75, 3.05) is 26.8 Å². The number of hydrogen-bond donors (Lipinski definition) is 1. The van der Waals surface area contributed by atoms with E-state index in [1.54, 1.807) is 0 Å². The smallest absolute Gasteiger partial charge is 0.0620 e. The average molecular weight is 240 g/mol. The van der Waals surface area contributed by atoms with Gasteiger partial charge in [0.25, 0.3) is 0 Å². The highest BCUT2D eigenvalue weighted by Gasteiger charge is 2.31. The fraction of sp³-hybridized carbons (Fsp3) is 1.00. The van der Waals surface area contributed by atoms with Gasteiger partial charge in [0.2, 0.25) is 0 Å². The lowest BCUT2D eigenvalue weighted by molar-refractivity contribution is 0.0431. The first-order chi connectivity index (χ1) is 8.20. The number of methoxy groups -OCH3 is 1. The largest absolute Gasteiger partial charge is 0.383 e. The van der Waals surface area contributed by atoms with Crippen LogP contribution in [0.4, 0.5) is 0 Å². The lowest BCUT2D eigenvalue weighted by atomic mass is 9.98. The molecule has 2 rings (SSSR count). The second-order valence-electron chi connectivity index (χ2n) is 6.04. The molecule has 0 aromatic heterocycles. The summed E-state index contributed by atoms with van der Waals surface area (Å²) < 4.78 is 5.39. The summed E-state index contributed by atoms with van der Waals surface area (Å²) in [5, 5.41) is 3.78. The summed E-state index contributed by atoms with van der Waals surface area (Å²) in [4.78, 5) is 2.64. The van der Waals surface area contributed by atoms with Gasteiger partial charge in [-0.3, -0.25) is 4.90 Å². The summed E-state index contributed by atoms with van der Waals surface area (Å²) in [6.45, 7) is 7.94. The molecule has 0 aromatic carbocycles. The van der Waals surface area contributed by atoms with Gasteiger partial charge < -0.3 is 10.1 Å². The second-order valence-corrected chi connectivity index (χ2v) is 6.04. The molecule has 1 saturated carbocycles. The van der Waals surface area contributed by atoms with E-state index in [2.05, 4.69) is 24.1 Å². The van der Waals surface area contributed by atoms with Gasteiger partial charge in [0.05, 0.1) is 6.61 Å². The zero-order chi connectivity index (χ0) is 12.3. The minimum absolute atomic E-state index is 0.587. The summed E-state index contributed by atoms with van der Waals surface area (Å²) in [6, 6.07) is 2.14. The van der Waals surface area contributed by atoms with Crippen LogP contribution in [-0.2, 0) is 4.74 Å². The maximum absolute atomic E-state index is 5.39. The van der Waals surface area contributed by atoms with Gasteiger partial charge in [0.15, 0.2) is 0 Å². The normalized spacial score (nSPS) is 28.6. The van der Waals surface area contributed by atoms with Crippen LogP contribution in [0.1, 0.15) is 39.5 Å². The van der Waals surface area contributed by atoms with Crippen molar-refractivity contribution in [1.82, 2.24) is 10.2 Å². The number of ether oxygens (including phenoxy) is 1. The second kappa shape index (κ2) is 6.17. The molecule has 0 bridgehead atoms. The highest BCUT2D eigenvalue weighted by atomic mass is 16.5. The molecule has 3 heteroatoms. The van der Waals surface area contributed by atoms with Crippen LogP contribution in [0.15, 0.2) is 0 Å². The molecule has 0 spiro atoms. The van der Waals surface area contributed by atoms with Crippen molar-refractivity contribution in [2.24, 2.45) is 5.92 Å². The molecular weight excluding hydrogens is 212 g/mol. The monoisotopic (exact) mass is 240 g/mol. The highest BCUT2D eigenvalue weighted by molar-refractivity contribution is 4.90. The standard InChI is InChI=1S/C14H28N2O/c1-11(2)14(10-17-3)16-8-4-5-13(9-16)15-12-6-7-12/h11-15H,4-10H2,1-3H3. The Bertz CT molecular complexity index is 228. The highest BCUT2D eigenvalue weighted by Crippen LogP contribution is 2.23. The van der Waals surface area contributed by atoms with Crippen molar-refractivity contribution in [3.05, 3.63) is 0 Å². The third kappa shape index (κ3) is 3.94. The maximum Gasteiger partial charge on any atom is 0.0620 e. The molecule has 2 atom stereocenters. The molecule has 0 aromatic rings. The molecule has 3 nitrogen and oxygen atoms in total. The number of piperidine rings is 1. The average Bonchev–Trinajstić information content (AvgIpc) is 3.09. The Morgan fingerprint density at radius 1 is 1.24 bits per heavy atom. The van der Waals surface area contributed by atoms with E-state index in [9.17, 15) is 0 Å². The van der Waals surface area contributed by atoms with Gasteiger partial charge in [-0.25, -0.2) is 0 Å². The third-order valence-electron chi connectivity index (χ3n) is 4.08. The van der Waals surface area contributed by atoms with E-state index in [-0.39, 0.29) is 0 Å². The molecule has 1 heterocycles. The molecule has 2 aliphatic rings. The van der Waals surface area contributed by atoms with Gasteiger partial charge in [-0.1, -0.05) is 13.8 Å². The van der Waals surface area contributed by atoms with Gasteiger partial charge in [0, 0.05) is 31.8 Å². The minimum atomic E-state index is 0.587. The van der Waals surface area contributed by atoms with Crippen LogP contribution in [0, 0.1) is 5.92 Å².